The SMILES string of the molecule is CC(=N)/C(=C(\Nc1nc(-c2ccc(Cl)cc2)c(SC(C)C)s1)C(=O)O)c1cccc(F)c1. The van der Waals surface area contributed by atoms with Crippen LogP contribution in [-0.2, 0) is 4.79 Å². The highest BCUT2D eigenvalue weighted by molar-refractivity contribution is 8.01. The predicted octanol–water partition coefficient (Wildman–Crippen LogP) is 7.05. The van der Waals surface area contributed by atoms with Crippen LogP contribution in [0, 0.1) is 11.2 Å². The maximum absolute atomic E-state index is 13.8. The van der Waals surface area contributed by atoms with Crippen molar-refractivity contribution in [3.05, 3.63) is 70.6 Å². The molecule has 2 aromatic carbocycles. The quantitative estimate of drug-likeness (QED) is 0.179. The third kappa shape index (κ3) is 5.76. The van der Waals surface area contributed by atoms with E-state index < -0.39 is 11.8 Å². The molecule has 0 spiro atoms. The summed E-state index contributed by atoms with van der Waals surface area (Å²) in [4.78, 5) is 16.8. The summed E-state index contributed by atoms with van der Waals surface area (Å²) in [7, 11) is 0. The molecular formula is C23H21ClFN3O2S2. The van der Waals surface area contributed by atoms with Crippen LogP contribution >= 0.6 is 34.7 Å². The van der Waals surface area contributed by atoms with Crippen molar-refractivity contribution in [1.82, 2.24) is 4.98 Å². The highest BCUT2D eigenvalue weighted by Gasteiger charge is 2.22. The molecule has 0 amide bonds. The van der Waals surface area contributed by atoms with E-state index in [2.05, 4.69) is 24.1 Å². The van der Waals surface area contributed by atoms with Gasteiger partial charge in [0, 0.05) is 27.1 Å². The Morgan fingerprint density at radius 2 is 1.94 bits per heavy atom. The Kier molecular flexibility index (Phi) is 7.71. The number of rotatable bonds is 8. The highest BCUT2D eigenvalue weighted by Crippen LogP contribution is 2.41. The fourth-order valence-electron chi connectivity index (χ4n) is 2.97. The van der Waals surface area contributed by atoms with Crippen molar-refractivity contribution in [3.63, 3.8) is 0 Å². The Balaban J connectivity index is 2.11. The molecule has 0 fully saturated rings. The minimum absolute atomic E-state index is 0.00763. The van der Waals surface area contributed by atoms with Crippen molar-refractivity contribution in [1.29, 1.82) is 5.41 Å². The zero-order valence-electron chi connectivity index (χ0n) is 17.6. The third-order valence-electron chi connectivity index (χ3n) is 4.24. The monoisotopic (exact) mass is 489 g/mol. The van der Waals surface area contributed by atoms with E-state index in [-0.39, 0.29) is 22.2 Å². The Hall–Kier alpha value is -2.68. The third-order valence-corrected chi connectivity index (χ3v) is 6.68. The first-order valence-electron chi connectivity index (χ1n) is 9.65. The molecule has 3 N–H and O–H groups in total. The number of aliphatic carboxylic acids is 1. The zero-order valence-corrected chi connectivity index (χ0v) is 20.0. The molecule has 0 aliphatic carbocycles. The topological polar surface area (TPSA) is 86.1 Å². The lowest BCUT2D eigenvalue weighted by Crippen LogP contribution is -2.16. The van der Waals surface area contributed by atoms with Gasteiger partial charge in [0.1, 0.15) is 11.5 Å². The smallest absolute Gasteiger partial charge is 0.353 e. The largest absolute Gasteiger partial charge is 0.477 e. The van der Waals surface area contributed by atoms with Gasteiger partial charge in [0.05, 0.1) is 9.90 Å². The summed E-state index contributed by atoms with van der Waals surface area (Å²) in [6.45, 7) is 5.59. The summed E-state index contributed by atoms with van der Waals surface area (Å²) in [5.74, 6) is -1.78. The first kappa shape index (κ1) is 24.0. The van der Waals surface area contributed by atoms with Gasteiger partial charge in [0.2, 0.25) is 0 Å². The molecule has 3 aromatic rings. The zero-order chi connectivity index (χ0) is 23.4. The highest BCUT2D eigenvalue weighted by atomic mass is 35.5. The number of carboxylic acid groups (broad SMARTS) is 1. The molecule has 0 atom stereocenters. The molecule has 9 heteroatoms. The van der Waals surface area contributed by atoms with Gasteiger partial charge in [-0.2, -0.15) is 0 Å². The van der Waals surface area contributed by atoms with Crippen molar-refractivity contribution in [2.24, 2.45) is 0 Å². The average Bonchev–Trinajstić information content (AvgIpc) is 3.09. The lowest BCUT2D eigenvalue weighted by molar-refractivity contribution is -0.132. The summed E-state index contributed by atoms with van der Waals surface area (Å²) in [5.41, 5.74) is 1.73. The van der Waals surface area contributed by atoms with E-state index in [9.17, 15) is 14.3 Å². The second kappa shape index (κ2) is 10.3. The molecule has 5 nitrogen and oxygen atoms in total. The molecule has 0 bridgehead atoms. The Labute approximate surface area is 198 Å². The number of benzene rings is 2. The van der Waals surface area contributed by atoms with Gasteiger partial charge >= 0.3 is 5.97 Å². The number of nitrogens with one attached hydrogen (secondary N) is 2. The molecule has 0 radical (unpaired) electrons. The van der Waals surface area contributed by atoms with Crippen LogP contribution in [0.3, 0.4) is 0 Å². The number of carbonyl (C=O) groups is 1. The lowest BCUT2D eigenvalue weighted by Gasteiger charge is -2.12. The molecule has 0 unspecified atom stereocenters. The van der Waals surface area contributed by atoms with Crippen molar-refractivity contribution >= 4 is 57.1 Å². The van der Waals surface area contributed by atoms with E-state index >= 15 is 0 Å². The maximum atomic E-state index is 13.8. The normalized spacial score (nSPS) is 11.9. The van der Waals surface area contributed by atoms with Gasteiger partial charge in [-0.25, -0.2) is 14.2 Å². The second-order valence-electron chi connectivity index (χ2n) is 7.14. The molecule has 0 saturated carbocycles. The number of hydrogen-bond donors (Lipinski definition) is 3. The number of carboxylic acids is 1. The molecule has 166 valence electrons. The van der Waals surface area contributed by atoms with E-state index in [1.165, 1.54) is 36.5 Å². The summed E-state index contributed by atoms with van der Waals surface area (Å²) in [6.07, 6.45) is 0. The first-order chi connectivity index (χ1) is 15.2. The Morgan fingerprint density at radius 3 is 2.50 bits per heavy atom. The molecule has 1 aromatic heterocycles. The van der Waals surface area contributed by atoms with Crippen LogP contribution in [0.4, 0.5) is 9.52 Å². The minimum atomic E-state index is -1.27. The predicted molar refractivity (Wildman–Crippen MR) is 132 cm³/mol. The summed E-state index contributed by atoms with van der Waals surface area (Å²) >= 11 is 8.96. The fraction of sp³-hybridized carbons (Fsp3) is 0.174. The van der Waals surface area contributed by atoms with Crippen molar-refractivity contribution in [3.8, 4) is 11.3 Å². The molecule has 0 aliphatic heterocycles. The number of allylic oxidation sites excluding steroid dienone is 1. The standard InChI is InChI=1S/C23H21ClFN3O2S2/c1-12(2)31-22-19(14-7-9-16(24)10-8-14)27-23(32-22)28-20(21(29)30)18(13(3)26)15-5-4-6-17(25)11-15/h4-12,26H,1-3H3,(H,27,28)(H,29,30)/b20-18+,26-13?. The van der Waals surface area contributed by atoms with Gasteiger partial charge in [-0.1, -0.05) is 61.1 Å². The minimum Gasteiger partial charge on any atom is -0.477 e. The average molecular weight is 490 g/mol. The van der Waals surface area contributed by atoms with E-state index in [1.807, 2.05) is 12.1 Å². The van der Waals surface area contributed by atoms with E-state index in [4.69, 9.17) is 17.0 Å². The van der Waals surface area contributed by atoms with Crippen LogP contribution < -0.4 is 5.32 Å². The second-order valence-corrected chi connectivity index (χ2v) is 10.4. The fourth-order valence-corrected chi connectivity index (χ4v) is 5.53. The van der Waals surface area contributed by atoms with Gasteiger partial charge in [0.25, 0.3) is 0 Å². The van der Waals surface area contributed by atoms with Crippen molar-refractivity contribution in [2.45, 2.75) is 30.2 Å². The van der Waals surface area contributed by atoms with Crippen LogP contribution in [-0.4, -0.2) is 27.0 Å². The van der Waals surface area contributed by atoms with Gasteiger partial charge in [-0.15, -0.1) is 11.8 Å². The van der Waals surface area contributed by atoms with Crippen molar-refractivity contribution < 1.29 is 14.3 Å². The number of aromatic nitrogens is 1. The first-order valence-corrected chi connectivity index (χ1v) is 11.7. The molecule has 3 rings (SSSR count). The van der Waals surface area contributed by atoms with Crippen molar-refractivity contribution in [2.75, 3.05) is 5.32 Å². The van der Waals surface area contributed by atoms with Gasteiger partial charge in [-0.3, -0.25) is 0 Å². The summed E-state index contributed by atoms with van der Waals surface area (Å²) in [6, 6.07) is 12.8. The van der Waals surface area contributed by atoms with E-state index in [1.54, 1.807) is 30.0 Å². The van der Waals surface area contributed by atoms with Crippen LogP contribution in [0.25, 0.3) is 16.8 Å². The van der Waals surface area contributed by atoms with Gasteiger partial charge < -0.3 is 15.8 Å². The molecule has 32 heavy (non-hydrogen) atoms. The van der Waals surface area contributed by atoms with Crippen LogP contribution in [0.2, 0.25) is 5.02 Å². The molecular weight excluding hydrogens is 469 g/mol. The number of thiazole rings is 1. The van der Waals surface area contributed by atoms with E-state index in [0.717, 1.165) is 15.5 Å². The Bertz CT molecular complexity index is 1190. The number of anilines is 1. The number of nitrogens with zero attached hydrogens (tertiary/aromatic N) is 1. The Morgan fingerprint density at radius 1 is 1.25 bits per heavy atom. The van der Waals surface area contributed by atoms with Gasteiger partial charge in [0.15, 0.2) is 5.13 Å². The number of thioether (sulfide) groups is 1. The molecule has 0 aliphatic rings. The van der Waals surface area contributed by atoms with Crippen LogP contribution in [0.15, 0.2) is 58.4 Å². The number of halogens is 2. The summed E-state index contributed by atoms with van der Waals surface area (Å²) in [5, 5.41) is 22.2. The maximum Gasteiger partial charge on any atom is 0.353 e. The van der Waals surface area contributed by atoms with Gasteiger partial charge in [-0.05, 0) is 36.8 Å². The van der Waals surface area contributed by atoms with Crippen LogP contribution in [0.5, 0.6) is 0 Å². The molecule has 0 saturated heterocycles. The van der Waals surface area contributed by atoms with E-state index in [0.29, 0.717) is 15.7 Å². The lowest BCUT2D eigenvalue weighted by atomic mass is 9.99. The van der Waals surface area contributed by atoms with Crippen LogP contribution in [0.1, 0.15) is 26.3 Å². The summed E-state index contributed by atoms with van der Waals surface area (Å²) < 4.78 is 14.7. The molecule has 1 heterocycles. The number of hydrogen-bond acceptors (Lipinski definition) is 6.